The van der Waals surface area contributed by atoms with E-state index in [-0.39, 0.29) is 18.2 Å². The molecule has 128 valence electrons. The van der Waals surface area contributed by atoms with Gasteiger partial charge in [-0.2, -0.15) is 13.9 Å². The minimum absolute atomic E-state index is 0.0288. The van der Waals surface area contributed by atoms with Crippen molar-refractivity contribution < 1.29 is 18.3 Å². The van der Waals surface area contributed by atoms with Crippen LogP contribution in [-0.4, -0.2) is 33.7 Å². The standard InChI is InChI=1S/C16H13F2N5O2/c17-16(18)25-12-7-5-11(6-8-12)9-19-21-15(24)10-23-14-4-2-1-3-13(14)20-22-23/h1-9,16H,10H2,(H,21,24)/b19-9-. The summed E-state index contributed by atoms with van der Waals surface area (Å²) in [6.07, 6.45) is 1.39. The number of alkyl halides is 2. The van der Waals surface area contributed by atoms with Gasteiger partial charge in [-0.15, -0.1) is 5.10 Å². The van der Waals surface area contributed by atoms with Crippen molar-refractivity contribution in [2.75, 3.05) is 0 Å². The van der Waals surface area contributed by atoms with Crippen LogP contribution in [0.25, 0.3) is 11.0 Å². The molecule has 0 unspecified atom stereocenters. The number of hydrazone groups is 1. The molecule has 7 nitrogen and oxygen atoms in total. The van der Waals surface area contributed by atoms with Crippen LogP contribution in [0, 0.1) is 0 Å². The number of nitrogens with zero attached hydrogens (tertiary/aromatic N) is 4. The van der Waals surface area contributed by atoms with Gasteiger partial charge in [0.2, 0.25) is 0 Å². The van der Waals surface area contributed by atoms with E-state index in [2.05, 4.69) is 25.6 Å². The molecule has 1 heterocycles. The second-order valence-corrected chi connectivity index (χ2v) is 4.98. The van der Waals surface area contributed by atoms with Crippen LogP contribution >= 0.6 is 0 Å². The summed E-state index contributed by atoms with van der Waals surface area (Å²) >= 11 is 0. The number of rotatable bonds is 6. The summed E-state index contributed by atoms with van der Waals surface area (Å²) in [6.45, 7) is -2.90. The van der Waals surface area contributed by atoms with Crippen LogP contribution in [0.3, 0.4) is 0 Å². The Bertz CT molecular complexity index is 893. The van der Waals surface area contributed by atoms with Crippen molar-refractivity contribution in [3.8, 4) is 5.75 Å². The largest absolute Gasteiger partial charge is 0.435 e. The Kier molecular flexibility index (Phi) is 4.93. The lowest BCUT2D eigenvalue weighted by Gasteiger charge is -2.03. The Hall–Kier alpha value is -3.36. The molecular weight excluding hydrogens is 332 g/mol. The molecule has 0 radical (unpaired) electrons. The van der Waals surface area contributed by atoms with Crippen molar-refractivity contribution in [1.82, 2.24) is 20.4 Å². The van der Waals surface area contributed by atoms with Crippen molar-refractivity contribution in [2.24, 2.45) is 5.10 Å². The number of hydrogen-bond acceptors (Lipinski definition) is 5. The molecule has 25 heavy (non-hydrogen) atoms. The fraction of sp³-hybridized carbons (Fsp3) is 0.125. The summed E-state index contributed by atoms with van der Waals surface area (Å²) in [6, 6.07) is 13.1. The number of carbonyl (C=O) groups is 1. The monoisotopic (exact) mass is 345 g/mol. The van der Waals surface area contributed by atoms with E-state index in [1.165, 1.54) is 35.2 Å². The number of nitrogens with one attached hydrogen (secondary N) is 1. The highest BCUT2D eigenvalue weighted by molar-refractivity contribution is 5.83. The lowest BCUT2D eigenvalue weighted by atomic mass is 10.2. The Morgan fingerprint density at radius 1 is 1.24 bits per heavy atom. The van der Waals surface area contributed by atoms with E-state index in [0.717, 1.165) is 5.52 Å². The van der Waals surface area contributed by atoms with Crippen molar-refractivity contribution >= 4 is 23.2 Å². The number of halogens is 2. The number of hydrogen-bond donors (Lipinski definition) is 1. The SMILES string of the molecule is O=C(Cn1nnc2ccccc21)N/N=C\c1ccc(OC(F)F)cc1. The maximum absolute atomic E-state index is 12.1. The highest BCUT2D eigenvalue weighted by atomic mass is 19.3. The van der Waals surface area contributed by atoms with E-state index < -0.39 is 6.61 Å². The first kappa shape index (κ1) is 16.5. The topological polar surface area (TPSA) is 81.4 Å². The second-order valence-electron chi connectivity index (χ2n) is 4.98. The molecule has 9 heteroatoms. The van der Waals surface area contributed by atoms with Gasteiger partial charge in [-0.3, -0.25) is 4.79 Å². The molecular formula is C16H13F2N5O2. The first-order valence-electron chi connectivity index (χ1n) is 7.27. The quantitative estimate of drug-likeness (QED) is 0.548. The number of benzene rings is 2. The van der Waals surface area contributed by atoms with Gasteiger partial charge in [-0.05, 0) is 42.0 Å². The predicted octanol–water partition coefficient (Wildman–Crippen LogP) is 2.18. The summed E-state index contributed by atoms with van der Waals surface area (Å²) in [5.74, 6) is -0.321. The van der Waals surface area contributed by atoms with Gasteiger partial charge in [0, 0.05) is 0 Å². The predicted molar refractivity (Wildman–Crippen MR) is 86.3 cm³/mol. The summed E-state index contributed by atoms with van der Waals surface area (Å²) in [4.78, 5) is 11.9. The number of aromatic nitrogens is 3. The van der Waals surface area contributed by atoms with Gasteiger partial charge >= 0.3 is 6.61 Å². The molecule has 0 atom stereocenters. The third-order valence-corrected chi connectivity index (χ3v) is 3.22. The molecule has 3 rings (SSSR count). The molecule has 0 aliphatic carbocycles. The second kappa shape index (κ2) is 7.47. The van der Waals surface area contributed by atoms with E-state index in [0.29, 0.717) is 11.1 Å². The van der Waals surface area contributed by atoms with Crippen LogP contribution in [0.1, 0.15) is 5.56 Å². The normalized spacial score (nSPS) is 11.3. The van der Waals surface area contributed by atoms with Crippen LogP contribution in [0.15, 0.2) is 53.6 Å². The fourth-order valence-electron chi connectivity index (χ4n) is 2.12. The third kappa shape index (κ3) is 4.34. The van der Waals surface area contributed by atoms with E-state index in [9.17, 15) is 13.6 Å². The summed E-state index contributed by atoms with van der Waals surface area (Å²) in [5.41, 5.74) is 4.44. The number of fused-ring (bicyclic) bond motifs is 1. The van der Waals surface area contributed by atoms with Crippen molar-refractivity contribution in [3.63, 3.8) is 0 Å². The van der Waals surface area contributed by atoms with Crippen LogP contribution < -0.4 is 10.2 Å². The Morgan fingerprint density at radius 2 is 2.00 bits per heavy atom. The maximum atomic E-state index is 12.1. The van der Waals surface area contributed by atoms with Crippen molar-refractivity contribution in [3.05, 3.63) is 54.1 Å². The molecule has 1 amide bonds. The Morgan fingerprint density at radius 3 is 2.76 bits per heavy atom. The van der Waals surface area contributed by atoms with E-state index >= 15 is 0 Å². The molecule has 1 aromatic heterocycles. The van der Waals surface area contributed by atoms with Crippen LogP contribution in [0.4, 0.5) is 8.78 Å². The zero-order chi connectivity index (χ0) is 17.6. The minimum Gasteiger partial charge on any atom is -0.435 e. The Labute approximate surface area is 140 Å². The fourth-order valence-corrected chi connectivity index (χ4v) is 2.12. The number of carbonyl (C=O) groups excluding carboxylic acids is 1. The smallest absolute Gasteiger partial charge is 0.387 e. The lowest BCUT2D eigenvalue weighted by Crippen LogP contribution is -2.23. The van der Waals surface area contributed by atoms with Gasteiger partial charge in [0.1, 0.15) is 17.8 Å². The molecule has 0 spiro atoms. The average molecular weight is 345 g/mol. The maximum Gasteiger partial charge on any atom is 0.387 e. The molecule has 3 aromatic rings. The zero-order valence-electron chi connectivity index (χ0n) is 12.8. The Balaban J connectivity index is 1.55. The lowest BCUT2D eigenvalue weighted by molar-refractivity contribution is -0.121. The van der Waals surface area contributed by atoms with Gasteiger partial charge in [-0.25, -0.2) is 10.1 Å². The van der Waals surface area contributed by atoms with E-state index in [4.69, 9.17) is 0 Å². The van der Waals surface area contributed by atoms with Crippen molar-refractivity contribution in [2.45, 2.75) is 13.2 Å². The third-order valence-electron chi connectivity index (χ3n) is 3.22. The number of amides is 1. The van der Waals surface area contributed by atoms with Gasteiger partial charge in [0.15, 0.2) is 0 Å². The molecule has 0 saturated carbocycles. The first-order chi connectivity index (χ1) is 12.1. The van der Waals surface area contributed by atoms with Gasteiger partial charge in [0.05, 0.1) is 11.7 Å². The molecule has 0 saturated heterocycles. The molecule has 0 aliphatic heterocycles. The number of ether oxygens (including phenoxy) is 1. The summed E-state index contributed by atoms with van der Waals surface area (Å²) < 4.78 is 29.8. The number of para-hydroxylation sites is 1. The van der Waals surface area contributed by atoms with E-state index in [1.807, 2.05) is 18.2 Å². The average Bonchev–Trinajstić information content (AvgIpc) is 2.99. The molecule has 2 aromatic carbocycles. The van der Waals surface area contributed by atoms with Crippen LogP contribution in [0.5, 0.6) is 5.75 Å². The molecule has 0 fully saturated rings. The van der Waals surface area contributed by atoms with Crippen molar-refractivity contribution in [1.29, 1.82) is 0 Å². The summed E-state index contributed by atoms with van der Waals surface area (Å²) in [5, 5.41) is 11.7. The first-order valence-corrected chi connectivity index (χ1v) is 7.27. The van der Waals surface area contributed by atoms with Gasteiger partial charge < -0.3 is 4.74 Å². The van der Waals surface area contributed by atoms with Gasteiger partial charge in [0.25, 0.3) is 5.91 Å². The van der Waals surface area contributed by atoms with Crippen LogP contribution in [-0.2, 0) is 11.3 Å². The zero-order valence-corrected chi connectivity index (χ0v) is 12.8. The van der Waals surface area contributed by atoms with Crippen LogP contribution in [0.2, 0.25) is 0 Å². The highest BCUT2D eigenvalue weighted by Gasteiger charge is 2.07. The highest BCUT2D eigenvalue weighted by Crippen LogP contribution is 2.14. The van der Waals surface area contributed by atoms with Gasteiger partial charge in [-0.1, -0.05) is 17.3 Å². The molecule has 1 N–H and O–H groups in total. The summed E-state index contributed by atoms with van der Waals surface area (Å²) in [7, 11) is 0. The molecule has 0 bridgehead atoms. The molecule has 0 aliphatic rings. The minimum atomic E-state index is -2.87. The van der Waals surface area contributed by atoms with E-state index in [1.54, 1.807) is 6.07 Å².